The third-order valence-corrected chi connectivity index (χ3v) is 7.78. The highest BCUT2D eigenvalue weighted by atomic mass is 35.5. The zero-order valence-electron chi connectivity index (χ0n) is 16.8. The third-order valence-electron chi connectivity index (χ3n) is 5.60. The molecule has 2 N–H and O–H groups in total. The first-order valence-corrected chi connectivity index (χ1v) is 12.2. The monoisotopic (exact) mass is 447 g/mol. The fourth-order valence-corrected chi connectivity index (χ4v) is 6.00. The van der Waals surface area contributed by atoms with Gasteiger partial charge in [0, 0.05) is 23.2 Å². The molecule has 4 rings (SSSR count). The number of benzene rings is 2. The second-order valence-corrected chi connectivity index (χ2v) is 10.0. The number of hydrogen-bond donors (Lipinski definition) is 1. The first-order valence-electron chi connectivity index (χ1n) is 10.4. The average molecular weight is 448 g/mol. The molecule has 0 spiro atoms. The van der Waals surface area contributed by atoms with Crippen molar-refractivity contribution in [1.82, 2.24) is 9.29 Å². The zero-order valence-corrected chi connectivity index (χ0v) is 18.3. The minimum Gasteiger partial charge on any atom is -0.436 e. The average Bonchev–Trinajstić information content (AvgIpc) is 3.18. The quantitative estimate of drug-likeness (QED) is 0.560. The number of hydrogen-bond acceptors (Lipinski definition) is 5. The second-order valence-electron chi connectivity index (χ2n) is 7.71. The molecule has 1 aromatic heterocycles. The Labute approximate surface area is 182 Å². The minimum atomic E-state index is -3.65. The highest BCUT2D eigenvalue weighted by Gasteiger charge is 2.32. The molecule has 0 atom stereocenters. The molecule has 0 unspecified atom stereocenters. The largest absolute Gasteiger partial charge is 0.436 e. The molecule has 0 aliphatic heterocycles. The summed E-state index contributed by atoms with van der Waals surface area (Å²) in [7, 11) is -3.65. The molecule has 30 heavy (non-hydrogen) atoms. The predicted octanol–water partition coefficient (Wildman–Crippen LogP) is 4.82. The third kappa shape index (κ3) is 4.39. The molecule has 0 saturated heterocycles. The van der Waals surface area contributed by atoms with E-state index < -0.39 is 10.0 Å². The molecular formula is C22H26ClN3O3S. The Kier molecular flexibility index (Phi) is 6.43. The van der Waals surface area contributed by atoms with Gasteiger partial charge in [0.25, 0.3) is 0 Å². The van der Waals surface area contributed by atoms with Crippen molar-refractivity contribution in [2.24, 2.45) is 5.73 Å². The minimum absolute atomic E-state index is 0.0328. The van der Waals surface area contributed by atoms with Crippen LogP contribution in [0.15, 0.2) is 51.8 Å². The highest BCUT2D eigenvalue weighted by Crippen LogP contribution is 2.31. The lowest BCUT2D eigenvalue weighted by Crippen LogP contribution is -2.42. The van der Waals surface area contributed by atoms with E-state index in [0.717, 1.165) is 25.7 Å². The molecule has 8 heteroatoms. The molecule has 0 amide bonds. The van der Waals surface area contributed by atoms with Gasteiger partial charge in [0.2, 0.25) is 15.9 Å². The van der Waals surface area contributed by atoms with E-state index in [9.17, 15) is 8.42 Å². The lowest BCUT2D eigenvalue weighted by molar-refractivity contribution is 0.252. The molecule has 160 valence electrons. The zero-order chi connectivity index (χ0) is 21.1. The predicted molar refractivity (Wildman–Crippen MR) is 119 cm³/mol. The summed E-state index contributed by atoms with van der Waals surface area (Å²) in [5, 5.41) is 0.571. The van der Waals surface area contributed by atoms with Gasteiger partial charge in [-0.05, 0) is 62.2 Å². The smallest absolute Gasteiger partial charge is 0.243 e. The van der Waals surface area contributed by atoms with Gasteiger partial charge in [-0.3, -0.25) is 0 Å². The fourth-order valence-electron chi connectivity index (χ4n) is 4.06. The molecule has 0 bridgehead atoms. The lowest BCUT2D eigenvalue weighted by Gasteiger charge is -2.33. The Balaban J connectivity index is 1.69. The van der Waals surface area contributed by atoms with Crippen LogP contribution in [0.3, 0.4) is 0 Å². The van der Waals surface area contributed by atoms with Crippen LogP contribution in [-0.2, 0) is 10.0 Å². The van der Waals surface area contributed by atoms with Crippen molar-refractivity contribution in [3.8, 4) is 11.5 Å². The maximum absolute atomic E-state index is 13.6. The van der Waals surface area contributed by atoms with E-state index in [2.05, 4.69) is 4.98 Å². The van der Waals surface area contributed by atoms with E-state index >= 15 is 0 Å². The Morgan fingerprint density at radius 3 is 2.70 bits per heavy atom. The number of fused-ring (bicyclic) bond motifs is 1. The summed E-state index contributed by atoms with van der Waals surface area (Å²) in [6.45, 7) is 0.902. The summed E-state index contributed by atoms with van der Waals surface area (Å²) in [5.41, 5.74) is 7.54. The number of nitrogens with two attached hydrogens (primary N) is 1. The van der Waals surface area contributed by atoms with E-state index in [-0.39, 0.29) is 10.9 Å². The molecule has 1 aliphatic rings. The van der Waals surface area contributed by atoms with Crippen LogP contribution < -0.4 is 5.73 Å². The molecule has 6 nitrogen and oxygen atoms in total. The van der Waals surface area contributed by atoms with Crippen LogP contribution >= 0.6 is 11.6 Å². The first kappa shape index (κ1) is 21.3. The van der Waals surface area contributed by atoms with Crippen LogP contribution in [0.2, 0.25) is 5.02 Å². The van der Waals surface area contributed by atoms with Gasteiger partial charge < -0.3 is 10.2 Å². The molecule has 2 aromatic carbocycles. The summed E-state index contributed by atoms with van der Waals surface area (Å²) >= 11 is 6.03. The molecule has 0 radical (unpaired) electrons. The van der Waals surface area contributed by atoms with Gasteiger partial charge in [0.15, 0.2) is 5.58 Å². The van der Waals surface area contributed by atoms with Crippen molar-refractivity contribution in [3.05, 3.63) is 47.5 Å². The Morgan fingerprint density at radius 2 is 1.93 bits per heavy atom. The van der Waals surface area contributed by atoms with Gasteiger partial charge in [0.05, 0.1) is 4.90 Å². The van der Waals surface area contributed by atoms with Crippen molar-refractivity contribution in [2.75, 3.05) is 13.1 Å². The van der Waals surface area contributed by atoms with E-state index in [1.807, 2.05) is 0 Å². The summed E-state index contributed by atoms with van der Waals surface area (Å²) < 4.78 is 34.6. The molecule has 1 saturated carbocycles. The van der Waals surface area contributed by atoms with Crippen LogP contribution in [0.4, 0.5) is 0 Å². The molecule has 1 aliphatic carbocycles. The van der Waals surface area contributed by atoms with Crippen molar-refractivity contribution in [3.63, 3.8) is 0 Å². The van der Waals surface area contributed by atoms with E-state index in [1.54, 1.807) is 46.8 Å². The maximum atomic E-state index is 13.6. The van der Waals surface area contributed by atoms with E-state index in [4.69, 9.17) is 21.8 Å². The van der Waals surface area contributed by atoms with Gasteiger partial charge in [-0.15, -0.1) is 0 Å². The normalized spacial score (nSPS) is 15.8. The maximum Gasteiger partial charge on any atom is 0.243 e. The summed E-state index contributed by atoms with van der Waals surface area (Å²) in [6.07, 6.45) is 5.72. The van der Waals surface area contributed by atoms with Crippen LogP contribution in [0, 0.1) is 0 Å². The summed E-state index contributed by atoms with van der Waals surface area (Å²) in [4.78, 5) is 4.73. The Morgan fingerprint density at radius 1 is 1.13 bits per heavy atom. The number of rotatable bonds is 7. The summed E-state index contributed by atoms with van der Waals surface area (Å²) in [5.74, 6) is 0.371. The lowest BCUT2D eigenvalue weighted by atomic mass is 9.95. The van der Waals surface area contributed by atoms with Crippen molar-refractivity contribution >= 4 is 32.7 Å². The molecule has 1 fully saturated rings. The number of aromatic nitrogens is 1. The number of nitrogens with zero attached hydrogens (tertiary/aromatic N) is 2. The molecular weight excluding hydrogens is 422 g/mol. The van der Waals surface area contributed by atoms with Gasteiger partial charge in [0.1, 0.15) is 5.52 Å². The van der Waals surface area contributed by atoms with Gasteiger partial charge >= 0.3 is 0 Å². The van der Waals surface area contributed by atoms with E-state index in [0.29, 0.717) is 47.1 Å². The van der Waals surface area contributed by atoms with E-state index in [1.165, 1.54) is 6.42 Å². The SMILES string of the molecule is NCCCN(C1CCCCC1)S(=O)(=O)c1cccc(-c2nc3cc(Cl)ccc3o2)c1. The van der Waals surface area contributed by atoms with Crippen molar-refractivity contribution < 1.29 is 12.8 Å². The Hall–Kier alpha value is -1.93. The standard InChI is InChI=1S/C22H26ClN3O3S/c23-17-10-11-21-20(15-17)25-22(29-21)16-6-4-9-19(14-16)30(27,28)26(13-5-12-24)18-7-2-1-3-8-18/h4,6,9-11,14-15,18H,1-3,5,7-8,12-13,24H2. The molecule has 1 heterocycles. The van der Waals surface area contributed by atoms with Gasteiger partial charge in [-0.25, -0.2) is 13.4 Å². The number of sulfonamides is 1. The van der Waals surface area contributed by atoms with Crippen LogP contribution in [0.5, 0.6) is 0 Å². The van der Waals surface area contributed by atoms with Crippen molar-refractivity contribution in [1.29, 1.82) is 0 Å². The van der Waals surface area contributed by atoms with Crippen LogP contribution in [-0.4, -0.2) is 36.8 Å². The summed E-state index contributed by atoms with van der Waals surface area (Å²) in [6, 6.07) is 12.1. The Bertz CT molecular complexity index is 1120. The first-order chi connectivity index (χ1) is 14.5. The number of halogens is 1. The van der Waals surface area contributed by atoms with Gasteiger partial charge in [-0.1, -0.05) is 36.9 Å². The van der Waals surface area contributed by atoms with Crippen molar-refractivity contribution in [2.45, 2.75) is 49.5 Å². The fraction of sp³-hybridized carbons (Fsp3) is 0.409. The number of oxazole rings is 1. The van der Waals surface area contributed by atoms with Crippen LogP contribution in [0.1, 0.15) is 38.5 Å². The molecule has 3 aromatic rings. The van der Waals surface area contributed by atoms with Gasteiger partial charge in [-0.2, -0.15) is 4.31 Å². The topological polar surface area (TPSA) is 89.4 Å². The van der Waals surface area contributed by atoms with Crippen LogP contribution in [0.25, 0.3) is 22.6 Å². The second kappa shape index (κ2) is 9.06. The highest BCUT2D eigenvalue weighted by molar-refractivity contribution is 7.89.